The molecule has 1 N–H and O–H groups in total. The highest BCUT2D eigenvalue weighted by molar-refractivity contribution is 5.64. The average Bonchev–Trinajstić information content (AvgIpc) is 2.45. The normalized spacial score (nSPS) is 10.3. The van der Waals surface area contributed by atoms with Crippen LogP contribution in [0.3, 0.4) is 0 Å². The number of nitrogens with zero attached hydrogens (tertiary/aromatic N) is 1. The van der Waals surface area contributed by atoms with E-state index in [0.717, 1.165) is 29.9 Å². The maximum absolute atomic E-state index is 13.7. The third kappa shape index (κ3) is 3.22. The van der Waals surface area contributed by atoms with E-state index in [1.165, 1.54) is 13.2 Å². The molecule has 0 unspecified atom stereocenters. The van der Waals surface area contributed by atoms with Crippen LogP contribution < -0.4 is 10.1 Å². The molecule has 1 aromatic heterocycles. The van der Waals surface area contributed by atoms with Crippen molar-refractivity contribution in [3.8, 4) is 17.0 Å². The van der Waals surface area contributed by atoms with E-state index < -0.39 is 0 Å². The highest BCUT2D eigenvalue weighted by Gasteiger charge is 2.06. The molecule has 0 saturated heterocycles. The maximum atomic E-state index is 13.7. The van der Waals surface area contributed by atoms with Gasteiger partial charge >= 0.3 is 0 Å². The molecule has 4 heteroatoms. The quantitative estimate of drug-likeness (QED) is 0.889. The Balaban J connectivity index is 2.28. The third-order valence-electron chi connectivity index (χ3n) is 2.79. The summed E-state index contributed by atoms with van der Waals surface area (Å²) in [5.74, 6) is -0.141. The summed E-state index contributed by atoms with van der Waals surface area (Å²) in [6.07, 6.45) is 2.77. The van der Waals surface area contributed by atoms with Gasteiger partial charge in [0, 0.05) is 24.0 Å². The van der Waals surface area contributed by atoms with Gasteiger partial charge in [-0.15, -0.1) is 0 Å². The summed E-state index contributed by atoms with van der Waals surface area (Å²) in [4.78, 5) is 4.27. The molecule has 0 atom stereocenters. The number of anilines is 1. The second-order valence-electron chi connectivity index (χ2n) is 4.21. The predicted octanol–water partition coefficient (Wildman–Crippen LogP) is 3.72. The van der Waals surface area contributed by atoms with Crippen molar-refractivity contribution in [3.63, 3.8) is 0 Å². The lowest BCUT2D eigenvalue weighted by molar-refractivity contribution is 0.386. The molecule has 0 aliphatic rings. The Labute approximate surface area is 112 Å². The molecule has 0 saturated carbocycles. The van der Waals surface area contributed by atoms with Crippen molar-refractivity contribution in [1.29, 1.82) is 0 Å². The predicted molar refractivity (Wildman–Crippen MR) is 75.0 cm³/mol. The smallest absolute Gasteiger partial charge is 0.165 e. The maximum Gasteiger partial charge on any atom is 0.165 e. The number of nitrogens with one attached hydrogen (secondary N) is 1. The Morgan fingerprint density at radius 3 is 2.79 bits per heavy atom. The Bertz CT molecular complexity index is 558. The third-order valence-corrected chi connectivity index (χ3v) is 2.79. The molecule has 0 spiro atoms. The first kappa shape index (κ1) is 13.3. The highest BCUT2D eigenvalue weighted by atomic mass is 19.1. The van der Waals surface area contributed by atoms with Crippen LogP contribution >= 0.6 is 0 Å². The van der Waals surface area contributed by atoms with Gasteiger partial charge in [0.05, 0.1) is 12.8 Å². The molecule has 0 aliphatic heterocycles. The molecule has 0 amide bonds. The Kier molecular flexibility index (Phi) is 4.34. The lowest BCUT2D eigenvalue weighted by Gasteiger charge is -2.08. The van der Waals surface area contributed by atoms with Crippen LogP contribution in [-0.4, -0.2) is 18.6 Å². The monoisotopic (exact) mass is 260 g/mol. The fourth-order valence-corrected chi connectivity index (χ4v) is 1.79. The fraction of sp³-hybridized carbons (Fsp3) is 0.267. The zero-order chi connectivity index (χ0) is 13.7. The van der Waals surface area contributed by atoms with E-state index in [1.807, 2.05) is 12.1 Å². The fourth-order valence-electron chi connectivity index (χ4n) is 1.79. The van der Waals surface area contributed by atoms with Gasteiger partial charge in [0.1, 0.15) is 0 Å². The van der Waals surface area contributed by atoms with E-state index in [4.69, 9.17) is 4.74 Å². The summed E-state index contributed by atoms with van der Waals surface area (Å²) in [7, 11) is 1.45. The van der Waals surface area contributed by atoms with Crippen molar-refractivity contribution in [2.45, 2.75) is 13.3 Å². The van der Waals surface area contributed by atoms with Crippen LogP contribution in [0.25, 0.3) is 11.3 Å². The summed E-state index contributed by atoms with van der Waals surface area (Å²) in [5.41, 5.74) is 2.46. The molecule has 2 aromatic rings. The second-order valence-corrected chi connectivity index (χ2v) is 4.21. The number of methoxy groups -OCH3 is 1. The van der Waals surface area contributed by atoms with Crippen molar-refractivity contribution < 1.29 is 9.13 Å². The van der Waals surface area contributed by atoms with E-state index in [-0.39, 0.29) is 11.6 Å². The minimum Gasteiger partial charge on any atom is -0.494 e. The number of hydrogen-bond donors (Lipinski definition) is 1. The largest absolute Gasteiger partial charge is 0.494 e. The molecule has 19 heavy (non-hydrogen) atoms. The molecule has 3 nitrogen and oxygen atoms in total. The summed E-state index contributed by atoms with van der Waals surface area (Å²) < 4.78 is 18.6. The molecule has 0 bridgehead atoms. The van der Waals surface area contributed by atoms with Gasteiger partial charge in [0.15, 0.2) is 11.6 Å². The number of rotatable bonds is 5. The van der Waals surface area contributed by atoms with Gasteiger partial charge in [0.2, 0.25) is 0 Å². The van der Waals surface area contributed by atoms with Crippen LogP contribution in [0.1, 0.15) is 13.3 Å². The van der Waals surface area contributed by atoms with Crippen molar-refractivity contribution in [2.75, 3.05) is 19.0 Å². The lowest BCUT2D eigenvalue weighted by atomic mass is 10.1. The molecule has 1 aromatic carbocycles. The van der Waals surface area contributed by atoms with Gasteiger partial charge in [-0.3, -0.25) is 4.98 Å². The van der Waals surface area contributed by atoms with Crippen LogP contribution in [0.4, 0.5) is 10.1 Å². The topological polar surface area (TPSA) is 34.2 Å². The van der Waals surface area contributed by atoms with Crippen molar-refractivity contribution in [2.24, 2.45) is 0 Å². The number of ether oxygens (including phenoxy) is 1. The first-order valence-corrected chi connectivity index (χ1v) is 6.28. The van der Waals surface area contributed by atoms with Gasteiger partial charge in [-0.1, -0.05) is 6.92 Å². The van der Waals surface area contributed by atoms with E-state index in [0.29, 0.717) is 0 Å². The van der Waals surface area contributed by atoms with Crippen molar-refractivity contribution in [1.82, 2.24) is 4.98 Å². The first-order chi connectivity index (χ1) is 9.24. The average molecular weight is 260 g/mol. The molecule has 1 heterocycles. The zero-order valence-corrected chi connectivity index (χ0v) is 11.1. The standard InChI is InChI=1S/C15H17FN2O/c1-3-7-17-12-6-8-18-14(10-12)11-4-5-15(19-2)13(16)9-11/h4-6,8-10H,3,7H2,1-2H3,(H,17,18). The molecular weight excluding hydrogens is 243 g/mol. The molecule has 0 radical (unpaired) electrons. The van der Waals surface area contributed by atoms with Gasteiger partial charge in [-0.2, -0.15) is 0 Å². The van der Waals surface area contributed by atoms with Crippen LogP contribution in [-0.2, 0) is 0 Å². The van der Waals surface area contributed by atoms with Crippen molar-refractivity contribution >= 4 is 5.69 Å². The first-order valence-electron chi connectivity index (χ1n) is 6.28. The number of pyridine rings is 1. The highest BCUT2D eigenvalue weighted by Crippen LogP contribution is 2.25. The van der Waals surface area contributed by atoms with Crippen LogP contribution in [0.15, 0.2) is 36.5 Å². The summed E-state index contributed by atoms with van der Waals surface area (Å²) in [5, 5.41) is 3.28. The minimum atomic E-state index is -0.381. The summed E-state index contributed by atoms with van der Waals surface area (Å²) in [6.45, 7) is 3.01. The molecule has 0 aliphatic carbocycles. The van der Waals surface area contributed by atoms with E-state index >= 15 is 0 Å². The van der Waals surface area contributed by atoms with E-state index in [9.17, 15) is 4.39 Å². The van der Waals surface area contributed by atoms with Gasteiger partial charge in [-0.05, 0) is 36.8 Å². The second kappa shape index (κ2) is 6.18. The van der Waals surface area contributed by atoms with E-state index in [1.54, 1.807) is 18.3 Å². The van der Waals surface area contributed by atoms with Gasteiger partial charge in [-0.25, -0.2) is 4.39 Å². The Morgan fingerprint density at radius 2 is 2.11 bits per heavy atom. The molecular formula is C15H17FN2O. The van der Waals surface area contributed by atoms with Gasteiger partial charge < -0.3 is 10.1 Å². The number of benzene rings is 1. The van der Waals surface area contributed by atoms with E-state index in [2.05, 4.69) is 17.2 Å². The number of hydrogen-bond acceptors (Lipinski definition) is 3. The van der Waals surface area contributed by atoms with Crippen LogP contribution in [0.5, 0.6) is 5.75 Å². The Hall–Kier alpha value is -2.10. The number of halogens is 1. The number of aromatic nitrogens is 1. The Morgan fingerprint density at radius 1 is 1.26 bits per heavy atom. The molecule has 2 rings (SSSR count). The van der Waals surface area contributed by atoms with Crippen molar-refractivity contribution in [3.05, 3.63) is 42.3 Å². The molecule has 0 fully saturated rings. The summed E-state index contributed by atoms with van der Waals surface area (Å²) in [6, 6.07) is 8.66. The molecule has 100 valence electrons. The van der Waals surface area contributed by atoms with Crippen LogP contribution in [0.2, 0.25) is 0 Å². The SMILES string of the molecule is CCCNc1ccnc(-c2ccc(OC)c(F)c2)c1. The van der Waals surface area contributed by atoms with Gasteiger partial charge in [0.25, 0.3) is 0 Å². The lowest BCUT2D eigenvalue weighted by Crippen LogP contribution is -2.00. The van der Waals surface area contributed by atoms with Crippen LogP contribution in [0, 0.1) is 5.82 Å². The minimum absolute atomic E-state index is 0.240. The zero-order valence-electron chi connectivity index (χ0n) is 11.1. The summed E-state index contributed by atoms with van der Waals surface area (Å²) >= 11 is 0.